The Balaban J connectivity index is 1.46. The Hall–Kier alpha value is -2.55. The summed E-state index contributed by atoms with van der Waals surface area (Å²) < 4.78 is 34.9. The van der Waals surface area contributed by atoms with E-state index < -0.39 is 18.4 Å². The first-order valence-corrected chi connectivity index (χ1v) is 8.03. The van der Waals surface area contributed by atoms with Crippen LogP contribution in [0.5, 0.6) is 0 Å². The van der Waals surface area contributed by atoms with E-state index in [0.29, 0.717) is 18.7 Å². The first-order valence-electron chi connectivity index (χ1n) is 8.03. The molecule has 0 saturated carbocycles. The zero-order chi connectivity index (χ0) is 17.4. The molecule has 4 rings (SSSR count). The molecular formula is C16H16F2N4O3. The number of carbonyl (C=O) groups is 1. The van der Waals surface area contributed by atoms with Crippen molar-refractivity contribution >= 4 is 6.09 Å². The molecule has 2 aromatic rings. The number of alkyl carbamates (subject to hydrolysis) is 1. The number of alkyl halides is 2. The zero-order valence-corrected chi connectivity index (χ0v) is 13.2. The summed E-state index contributed by atoms with van der Waals surface area (Å²) >= 11 is 0. The summed E-state index contributed by atoms with van der Waals surface area (Å²) in [5.74, 6) is -0.560. The summed E-state index contributed by atoms with van der Waals surface area (Å²) in [7, 11) is 0. The van der Waals surface area contributed by atoms with Crippen LogP contribution in [0.2, 0.25) is 0 Å². The molecule has 25 heavy (non-hydrogen) atoms. The molecular weight excluding hydrogens is 334 g/mol. The van der Waals surface area contributed by atoms with E-state index in [0.717, 1.165) is 24.0 Å². The van der Waals surface area contributed by atoms with Gasteiger partial charge in [0.15, 0.2) is 0 Å². The van der Waals surface area contributed by atoms with Crippen molar-refractivity contribution in [3.05, 3.63) is 35.2 Å². The maximum Gasteiger partial charge on any atom is 0.407 e. The number of amides is 1. The molecule has 2 aliphatic rings. The van der Waals surface area contributed by atoms with Gasteiger partial charge in [0.1, 0.15) is 6.10 Å². The maximum atomic E-state index is 12.6. The molecule has 0 radical (unpaired) electrons. The Labute approximate surface area is 141 Å². The van der Waals surface area contributed by atoms with Crippen LogP contribution in [0.25, 0.3) is 11.4 Å². The van der Waals surface area contributed by atoms with E-state index in [2.05, 4.69) is 25.3 Å². The molecule has 9 heteroatoms. The summed E-state index contributed by atoms with van der Waals surface area (Å²) in [4.78, 5) is 15.6. The van der Waals surface area contributed by atoms with Crippen molar-refractivity contribution in [2.24, 2.45) is 0 Å². The smallest absolute Gasteiger partial charge is 0.407 e. The third kappa shape index (κ3) is 3.19. The Morgan fingerprint density at radius 1 is 1.40 bits per heavy atom. The minimum absolute atomic E-state index is 0.0643. The van der Waals surface area contributed by atoms with Crippen LogP contribution < -0.4 is 10.6 Å². The van der Waals surface area contributed by atoms with Crippen LogP contribution in [0.15, 0.2) is 22.7 Å². The number of halogens is 2. The predicted octanol–water partition coefficient (Wildman–Crippen LogP) is 2.36. The lowest BCUT2D eigenvalue weighted by molar-refractivity contribution is 0.0647. The molecule has 1 aliphatic heterocycles. The van der Waals surface area contributed by atoms with Gasteiger partial charge in [0.05, 0.1) is 6.04 Å². The van der Waals surface area contributed by atoms with Crippen molar-refractivity contribution in [2.45, 2.75) is 31.4 Å². The molecule has 1 aromatic heterocycles. The number of aryl methyl sites for hydroxylation is 1. The van der Waals surface area contributed by atoms with Gasteiger partial charge < -0.3 is 19.9 Å². The molecule has 1 atom stereocenters. The second-order valence-corrected chi connectivity index (χ2v) is 6.09. The van der Waals surface area contributed by atoms with Gasteiger partial charge in [0.2, 0.25) is 5.82 Å². The van der Waals surface area contributed by atoms with E-state index in [9.17, 15) is 13.6 Å². The first kappa shape index (κ1) is 15.9. The lowest BCUT2D eigenvalue weighted by Crippen LogP contribution is -2.50. The van der Waals surface area contributed by atoms with E-state index in [1.807, 2.05) is 12.1 Å². The van der Waals surface area contributed by atoms with Crippen LogP contribution in [0, 0.1) is 0 Å². The normalized spacial score (nSPS) is 19.6. The van der Waals surface area contributed by atoms with Gasteiger partial charge >= 0.3 is 12.5 Å². The molecule has 0 unspecified atom stereocenters. The Kier molecular flexibility index (Phi) is 4.08. The van der Waals surface area contributed by atoms with Gasteiger partial charge in [-0.3, -0.25) is 0 Å². The number of carbonyl (C=O) groups excluding carboxylic acids is 1. The summed E-state index contributed by atoms with van der Waals surface area (Å²) in [6, 6.07) is 5.32. The second-order valence-electron chi connectivity index (χ2n) is 6.09. The summed E-state index contributed by atoms with van der Waals surface area (Å²) in [6.07, 6.45) is -1.76. The fourth-order valence-corrected chi connectivity index (χ4v) is 3.02. The number of rotatable bonds is 4. The third-order valence-electron chi connectivity index (χ3n) is 4.42. The van der Waals surface area contributed by atoms with Crippen molar-refractivity contribution < 1.29 is 22.8 Å². The molecule has 1 aliphatic carbocycles. The van der Waals surface area contributed by atoms with E-state index >= 15 is 0 Å². The highest BCUT2D eigenvalue weighted by Crippen LogP contribution is 2.34. The van der Waals surface area contributed by atoms with Crippen molar-refractivity contribution in [1.29, 1.82) is 0 Å². The number of nitrogens with zero attached hydrogens (tertiary/aromatic N) is 2. The van der Waals surface area contributed by atoms with E-state index in [-0.39, 0.29) is 18.0 Å². The van der Waals surface area contributed by atoms with Gasteiger partial charge in [-0.15, -0.1) is 0 Å². The van der Waals surface area contributed by atoms with Crippen LogP contribution in [0.4, 0.5) is 13.6 Å². The molecule has 132 valence electrons. The number of hydrogen-bond acceptors (Lipinski definition) is 6. The largest absolute Gasteiger partial charge is 0.444 e. The number of fused-ring (bicyclic) bond motifs is 1. The van der Waals surface area contributed by atoms with Crippen LogP contribution in [-0.4, -0.2) is 35.4 Å². The SMILES string of the molecule is O=C(N[C@@H]1CCc2cc(-c3noc(C(F)F)n3)ccc21)OC1CNC1. The second kappa shape index (κ2) is 6.40. The van der Waals surface area contributed by atoms with Crippen molar-refractivity contribution in [1.82, 2.24) is 20.8 Å². The fraction of sp³-hybridized carbons (Fsp3) is 0.438. The average molecular weight is 350 g/mol. The molecule has 0 bridgehead atoms. The first-order chi connectivity index (χ1) is 12.1. The number of nitrogens with one attached hydrogen (secondary N) is 2. The monoisotopic (exact) mass is 350 g/mol. The van der Waals surface area contributed by atoms with Gasteiger partial charge in [-0.2, -0.15) is 13.8 Å². The molecule has 2 heterocycles. The van der Waals surface area contributed by atoms with E-state index in [1.54, 1.807) is 6.07 Å². The number of hydrogen-bond donors (Lipinski definition) is 2. The fourth-order valence-electron chi connectivity index (χ4n) is 3.02. The van der Waals surface area contributed by atoms with Gasteiger partial charge in [-0.25, -0.2) is 4.79 Å². The highest BCUT2D eigenvalue weighted by molar-refractivity contribution is 5.69. The predicted molar refractivity (Wildman–Crippen MR) is 82.0 cm³/mol. The Bertz CT molecular complexity index is 791. The summed E-state index contributed by atoms with van der Waals surface area (Å²) in [6.45, 7) is 1.37. The Morgan fingerprint density at radius 3 is 2.92 bits per heavy atom. The van der Waals surface area contributed by atoms with Crippen molar-refractivity contribution in [3.63, 3.8) is 0 Å². The number of aromatic nitrogens is 2. The van der Waals surface area contributed by atoms with Crippen LogP contribution >= 0.6 is 0 Å². The number of benzene rings is 1. The van der Waals surface area contributed by atoms with E-state index in [4.69, 9.17) is 4.74 Å². The molecule has 1 aromatic carbocycles. The molecule has 7 nitrogen and oxygen atoms in total. The van der Waals surface area contributed by atoms with Crippen molar-refractivity contribution in [3.8, 4) is 11.4 Å². The molecule has 1 amide bonds. The quantitative estimate of drug-likeness (QED) is 0.880. The van der Waals surface area contributed by atoms with E-state index in [1.165, 1.54) is 0 Å². The van der Waals surface area contributed by atoms with Crippen LogP contribution in [-0.2, 0) is 11.2 Å². The minimum atomic E-state index is -2.79. The van der Waals surface area contributed by atoms with Crippen LogP contribution in [0.3, 0.4) is 0 Å². The lowest BCUT2D eigenvalue weighted by Gasteiger charge is -2.27. The molecule has 1 fully saturated rings. The highest BCUT2D eigenvalue weighted by Gasteiger charge is 2.28. The van der Waals surface area contributed by atoms with Gasteiger partial charge in [0, 0.05) is 18.7 Å². The zero-order valence-electron chi connectivity index (χ0n) is 13.2. The Morgan fingerprint density at radius 2 is 2.24 bits per heavy atom. The average Bonchev–Trinajstić information content (AvgIpc) is 3.18. The molecule has 0 spiro atoms. The third-order valence-corrected chi connectivity index (χ3v) is 4.42. The molecule has 2 N–H and O–H groups in total. The van der Waals surface area contributed by atoms with Gasteiger partial charge in [-0.1, -0.05) is 17.3 Å². The molecule has 1 saturated heterocycles. The minimum Gasteiger partial charge on any atom is -0.444 e. The standard InChI is InChI=1S/C16H16F2N4O3/c17-13(18)15-21-14(22-25-15)9-1-3-11-8(5-9)2-4-12(11)20-16(23)24-10-6-19-7-10/h1,3,5,10,12-13,19H,2,4,6-7H2,(H,20,23)/t12-/m1/s1. The topological polar surface area (TPSA) is 89.3 Å². The maximum absolute atomic E-state index is 12.6. The van der Waals surface area contributed by atoms with Gasteiger partial charge in [-0.05, 0) is 30.0 Å². The highest BCUT2D eigenvalue weighted by atomic mass is 19.3. The lowest BCUT2D eigenvalue weighted by atomic mass is 10.0. The van der Waals surface area contributed by atoms with Gasteiger partial charge in [0.25, 0.3) is 5.89 Å². The van der Waals surface area contributed by atoms with Crippen molar-refractivity contribution in [2.75, 3.05) is 13.1 Å². The number of ether oxygens (including phenoxy) is 1. The summed E-state index contributed by atoms with van der Waals surface area (Å²) in [5, 5.41) is 9.50. The summed E-state index contributed by atoms with van der Waals surface area (Å²) in [5.41, 5.74) is 2.62. The van der Waals surface area contributed by atoms with Crippen LogP contribution in [0.1, 0.15) is 35.9 Å².